The molecule has 1 unspecified atom stereocenters. The van der Waals surface area contributed by atoms with Crippen molar-refractivity contribution in [2.75, 3.05) is 6.54 Å². The minimum absolute atomic E-state index is 0.000156. The van der Waals surface area contributed by atoms with Crippen LogP contribution < -0.4 is 5.73 Å². The fourth-order valence-corrected chi connectivity index (χ4v) is 3.52. The van der Waals surface area contributed by atoms with E-state index in [4.69, 9.17) is 5.73 Å². The first-order valence-electron chi connectivity index (χ1n) is 7.18. The number of nitrogens with zero attached hydrogens (tertiary/aromatic N) is 2. The second-order valence-electron chi connectivity index (χ2n) is 5.58. The molecule has 0 aliphatic heterocycles. The summed E-state index contributed by atoms with van der Waals surface area (Å²) in [5, 5.41) is 7.79. The Morgan fingerprint density at radius 2 is 1.73 bits per heavy atom. The van der Waals surface area contributed by atoms with Crippen LogP contribution in [0.3, 0.4) is 0 Å². The molecule has 2 aromatic rings. The van der Waals surface area contributed by atoms with Gasteiger partial charge in [-0.25, -0.2) is 8.42 Å². The summed E-state index contributed by atoms with van der Waals surface area (Å²) < 4.78 is 24.5. The average molecular weight is 319 g/mol. The first kappa shape index (κ1) is 16.6. The van der Waals surface area contributed by atoms with Gasteiger partial charge in [-0.1, -0.05) is 31.2 Å². The lowest BCUT2D eigenvalue weighted by atomic mass is 10.0. The molecule has 0 fully saturated rings. The minimum Gasteiger partial charge on any atom is -0.330 e. The molecule has 1 heterocycles. The van der Waals surface area contributed by atoms with Crippen molar-refractivity contribution in [3.05, 3.63) is 58.9 Å². The highest BCUT2D eigenvalue weighted by molar-refractivity contribution is 7.89. The zero-order valence-corrected chi connectivity index (χ0v) is 13.7. The van der Waals surface area contributed by atoms with Gasteiger partial charge in [-0.2, -0.15) is 10.2 Å². The maximum atomic E-state index is 12.2. The first-order valence-corrected chi connectivity index (χ1v) is 9.00. The minimum atomic E-state index is -3.27. The molecular weight excluding hydrogens is 298 g/mol. The molecule has 1 atom stereocenters. The van der Waals surface area contributed by atoms with Gasteiger partial charge in [0.15, 0.2) is 9.84 Å². The predicted octanol–water partition coefficient (Wildman–Crippen LogP) is 1.96. The van der Waals surface area contributed by atoms with Crippen molar-refractivity contribution in [1.29, 1.82) is 0 Å². The average Bonchev–Trinajstić information content (AvgIpc) is 2.49. The number of sulfone groups is 1. The summed E-state index contributed by atoms with van der Waals surface area (Å²) in [6, 6.07) is 11.0. The Morgan fingerprint density at radius 1 is 1.05 bits per heavy atom. The fourth-order valence-electron chi connectivity index (χ4n) is 2.11. The molecule has 0 amide bonds. The van der Waals surface area contributed by atoms with Crippen molar-refractivity contribution in [3.63, 3.8) is 0 Å². The van der Waals surface area contributed by atoms with Crippen molar-refractivity contribution in [3.8, 4) is 0 Å². The van der Waals surface area contributed by atoms with Crippen LogP contribution in [0.5, 0.6) is 0 Å². The third-order valence-electron chi connectivity index (χ3n) is 3.51. The normalized spacial score (nSPS) is 13.0. The predicted molar refractivity (Wildman–Crippen MR) is 87.0 cm³/mol. The van der Waals surface area contributed by atoms with E-state index in [2.05, 4.69) is 10.2 Å². The lowest BCUT2D eigenvalue weighted by Crippen LogP contribution is -2.11. The third-order valence-corrected chi connectivity index (χ3v) is 5.02. The highest BCUT2D eigenvalue weighted by Gasteiger charge is 2.15. The van der Waals surface area contributed by atoms with Crippen LogP contribution in [-0.2, 0) is 21.3 Å². The molecule has 0 saturated heterocycles. The molecule has 22 heavy (non-hydrogen) atoms. The van der Waals surface area contributed by atoms with Gasteiger partial charge in [0.05, 0.1) is 22.9 Å². The molecule has 6 heteroatoms. The fraction of sp³-hybridized carbons (Fsp3) is 0.375. The van der Waals surface area contributed by atoms with Crippen LogP contribution in [0, 0.1) is 6.92 Å². The van der Waals surface area contributed by atoms with Crippen LogP contribution in [0.25, 0.3) is 0 Å². The summed E-state index contributed by atoms with van der Waals surface area (Å²) in [5.41, 5.74) is 8.76. The van der Waals surface area contributed by atoms with E-state index in [1.165, 1.54) is 0 Å². The number of aryl methyl sites for hydroxylation is 1. The molecule has 0 saturated carbocycles. The zero-order chi connectivity index (χ0) is 16.2. The topological polar surface area (TPSA) is 85.9 Å². The van der Waals surface area contributed by atoms with Crippen molar-refractivity contribution < 1.29 is 8.42 Å². The Balaban J connectivity index is 2.06. The maximum absolute atomic E-state index is 12.2. The largest absolute Gasteiger partial charge is 0.330 e. The molecule has 0 aliphatic carbocycles. The molecule has 5 nitrogen and oxygen atoms in total. The molecule has 0 spiro atoms. The number of hydrogen-bond donors (Lipinski definition) is 1. The summed E-state index contributed by atoms with van der Waals surface area (Å²) in [6.07, 6.45) is 0. The van der Waals surface area contributed by atoms with Crippen molar-refractivity contribution in [2.24, 2.45) is 5.73 Å². The van der Waals surface area contributed by atoms with Crippen molar-refractivity contribution in [1.82, 2.24) is 10.2 Å². The molecule has 1 aromatic heterocycles. The van der Waals surface area contributed by atoms with E-state index in [0.717, 1.165) is 16.8 Å². The molecule has 2 rings (SSSR count). The Hall–Kier alpha value is -1.79. The van der Waals surface area contributed by atoms with E-state index in [0.29, 0.717) is 12.2 Å². The molecule has 2 N–H and O–H groups in total. The second kappa shape index (κ2) is 6.98. The van der Waals surface area contributed by atoms with E-state index in [9.17, 15) is 8.42 Å². The zero-order valence-electron chi connectivity index (χ0n) is 12.9. The number of benzene rings is 1. The Morgan fingerprint density at radius 3 is 2.27 bits per heavy atom. The molecule has 0 radical (unpaired) electrons. The summed E-state index contributed by atoms with van der Waals surface area (Å²) in [7, 11) is -3.27. The first-order chi connectivity index (χ1) is 10.4. The van der Waals surface area contributed by atoms with Crippen LogP contribution in [0.15, 0.2) is 36.4 Å². The van der Waals surface area contributed by atoms with Gasteiger partial charge in [0, 0.05) is 0 Å². The van der Waals surface area contributed by atoms with E-state index in [1.54, 1.807) is 12.1 Å². The van der Waals surface area contributed by atoms with Gasteiger partial charge in [0.25, 0.3) is 0 Å². The van der Waals surface area contributed by atoms with Crippen LogP contribution in [0.2, 0.25) is 0 Å². The lowest BCUT2D eigenvalue weighted by molar-refractivity contribution is 0.593. The molecular formula is C16H21N3O2S. The van der Waals surface area contributed by atoms with Crippen LogP contribution >= 0.6 is 0 Å². The lowest BCUT2D eigenvalue weighted by Gasteiger charge is -2.10. The number of aromatic nitrogens is 2. The second-order valence-corrected chi connectivity index (χ2v) is 7.64. The number of hydrogen-bond acceptors (Lipinski definition) is 5. The van der Waals surface area contributed by atoms with Crippen molar-refractivity contribution in [2.45, 2.75) is 31.3 Å². The summed E-state index contributed by atoms with van der Waals surface area (Å²) in [6.45, 7) is 4.43. The third kappa shape index (κ3) is 4.61. The van der Waals surface area contributed by atoms with Crippen LogP contribution in [0.4, 0.5) is 0 Å². The molecule has 1 aromatic carbocycles. The summed E-state index contributed by atoms with van der Waals surface area (Å²) in [4.78, 5) is 0. The monoisotopic (exact) mass is 319 g/mol. The number of rotatable bonds is 6. The molecule has 0 aliphatic rings. The maximum Gasteiger partial charge on any atom is 0.160 e. The van der Waals surface area contributed by atoms with Gasteiger partial charge in [0.1, 0.15) is 0 Å². The smallest absolute Gasteiger partial charge is 0.160 e. The van der Waals surface area contributed by atoms with Gasteiger partial charge in [0.2, 0.25) is 0 Å². The number of nitrogens with two attached hydrogens (primary N) is 1. The quantitative estimate of drug-likeness (QED) is 0.879. The van der Waals surface area contributed by atoms with Crippen molar-refractivity contribution >= 4 is 9.84 Å². The van der Waals surface area contributed by atoms with E-state index >= 15 is 0 Å². The van der Waals surface area contributed by atoms with Gasteiger partial charge < -0.3 is 5.73 Å². The van der Waals surface area contributed by atoms with Crippen LogP contribution in [0.1, 0.15) is 35.4 Å². The SMILES string of the molecule is Cc1ccc(CS(=O)(=O)Cc2ccc(C(C)CN)cc2)nn1. The Kier molecular flexibility index (Phi) is 5.26. The van der Waals surface area contributed by atoms with Gasteiger partial charge in [-0.15, -0.1) is 0 Å². The van der Waals surface area contributed by atoms with E-state index in [1.807, 2.05) is 38.1 Å². The van der Waals surface area contributed by atoms with E-state index in [-0.39, 0.29) is 17.4 Å². The summed E-state index contributed by atoms with van der Waals surface area (Å²) >= 11 is 0. The highest BCUT2D eigenvalue weighted by Crippen LogP contribution is 2.17. The van der Waals surface area contributed by atoms with Gasteiger partial charge in [-0.3, -0.25) is 0 Å². The Bertz CT molecular complexity index is 710. The van der Waals surface area contributed by atoms with E-state index < -0.39 is 9.84 Å². The molecule has 118 valence electrons. The standard InChI is InChI=1S/C16H21N3O2S/c1-12(9-17)15-6-4-14(5-7-15)10-22(20,21)11-16-8-3-13(2)18-19-16/h3-8,12H,9-11,17H2,1-2H3. The molecule has 0 bridgehead atoms. The van der Waals surface area contributed by atoms with Gasteiger partial charge in [-0.05, 0) is 42.6 Å². The Labute approximate surface area is 131 Å². The summed E-state index contributed by atoms with van der Waals surface area (Å²) in [5.74, 6) is 0.176. The van der Waals surface area contributed by atoms with Gasteiger partial charge >= 0.3 is 0 Å². The van der Waals surface area contributed by atoms with Crippen LogP contribution in [-0.4, -0.2) is 25.2 Å². The highest BCUT2D eigenvalue weighted by atomic mass is 32.2.